The van der Waals surface area contributed by atoms with Crippen LogP contribution in [0.2, 0.25) is 0 Å². The molecular formula is C10H14BrN3O. The number of nitrogen functional groups attached to an aromatic ring is 1. The molecule has 0 bridgehead atoms. The van der Waals surface area contributed by atoms with Gasteiger partial charge in [-0.3, -0.25) is 0 Å². The van der Waals surface area contributed by atoms with E-state index < -0.39 is 0 Å². The molecular weight excluding hydrogens is 258 g/mol. The zero-order chi connectivity index (χ0) is 10.8. The maximum Gasteiger partial charge on any atom is 0.149 e. The third kappa shape index (κ3) is 2.60. The zero-order valence-corrected chi connectivity index (χ0v) is 9.87. The lowest BCUT2D eigenvalue weighted by atomic mass is 9.82. The van der Waals surface area contributed by atoms with Gasteiger partial charge in [-0.1, -0.05) is 0 Å². The van der Waals surface area contributed by atoms with Crippen molar-refractivity contribution in [3.8, 4) is 0 Å². The van der Waals surface area contributed by atoms with Crippen molar-refractivity contribution in [3.63, 3.8) is 0 Å². The molecule has 0 radical (unpaired) electrons. The average molecular weight is 272 g/mol. The summed E-state index contributed by atoms with van der Waals surface area (Å²) < 4.78 is 0.879. The lowest BCUT2D eigenvalue weighted by Gasteiger charge is -2.31. The van der Waals surface area contributed by atoms with Crippen LogP contribution in [0.5, 0.6) is 0 Å². The fraction of sp³-hybridized carbons (Fsp3) is 0.500. The van der Waals surface area contributed by atoms with E-state index in [2.05, 4.69) is 26.2 Å². The Kier molecular flexibility index (Phi) is 3.11. The summed E-state index contributed by atoms with van der Waals surface area (Å²) in [7, 11) is 0. The van der Waals surface area contributed by atoms with Crippen LogP contribution in [0.3, 0.4) is 0 Å². The molecule has 0 saturated heterocycles. The molecule has 4 N–H and O–H groups in total. The molecule has 5 heteroatoms. The van der Waals surface area contributed by atoms with E-state index in [4.69, 9.17) is 10.8 Å². The van der Waals surface area contributed by atoms with E-state index in [9.17, 15) is 0 Å². The molecule has 0 atom stereocenters. The number of aliphatic hydroxyl groups is 1. The van der Waals surface area contributed by atoms with Crippen molar-refractivity contribution in [1.29, 1.82) is 0 Å². The van der Waals surface area contributed by atoms with Crippen LogP contribution < -0.4 is 11.1 Å². The summed E-state index contributed by atoms with van der Waals surface area (Å²) in [4.78, 5) is 4.18. The largest absolute Gasteiger partial charge is 0.396 e. The summed E-state index contributed by atoms with van der Waals surface area (Å²) in [5.41, 5.74) is 6.43. The Balaban J connectivity index is 1.88. The maximum absolute atomic E-state index is 9.13. The molecule has 1 aliphatic carbocycles. The number of nitrogens with two attached hydrogens (primary N) is 1. The molecule has 0 amide bonds. The van der Waals surface area contributed by atoms with E-state index >= 15 is 0 Å². The Morgan fingerprint density at radius 2 is 2.33 bits per heavy atom. The summed E-state index contributed by atoms with van der Waals surface area (Å²) >= 11 is 3.31. The normalized spacial score (nSPS) is 24.7. The van der Waals surface area contributed by atoms with Gasteiger partial charge in [0.2, 0.25) is 0 Å². The zero-order valence-electron chi connectivity index (χ0n) is 8.28. The van der Waals surface area contributed by atoms with Crippen molar-refractivity contribution < 1.29 is 5.11 Å². The second kappa shape index (κ2) is 4.37. The van der Waals surface area contributed by atoms with Crippen LogP contribution in [0.4, 0.5) is 11.5 Å². The molecule has 82 valence electrons. The van der Waals surface area contributed by atoms with Crippen LogP contribution in [0.15, 0.2) is 16.7 Å². The van der Waals surface area contributed by atoms with E-state index in [1.54, 1.807) is 6.20 Å². The van der Waals surface area contributed by atoms with Crippen LogP contribution in [0, 0.1) is 5.92 Å². The quantitative estimate of drug-likeness (QED) is 0.781. The van der Waals surface area contributed by atoms with E-state index in [1.807, 2.05) is 6.07 Å². The highest BCUT2D eigenvalue weighted by Gasteiger charge is 2.26. The second-order valence-corrected chi connectivity index (χ2v) is 4.88. The highest BCUT2D eigenvalue weighted by Crippen LogP contribution is 2.28. The summed E-state index contributed by atoms with van der Waals surface area (Å²) in [5.74, 6) is 1.27. The number of halogens is 1. The number of nitrogens with one attached hydrogen (secondary N) is 1. The van der Waals surface area contributed by atoms with Gasteiger partial charge < -0.3 is 16.2 Å². The van der Waals surface area contributed by atoms with Crippen molar-refractivity contribution in [2.24, 2.45) is 5.92 Å². The Hall–Kier alpha value is -0.810. The van der Waals surface area contributed by atoms with Gasteiger partial charge in [-0.2, -0.15) is 0 Å². The Morgan fingerprint density at radius 1 is 1.60 bits per heavy atom. The first-order valence-electron chi connectivity index (χ1n) is 4.98. The van der Waals surface area contributed by atoms with Crippen LogP contribution in [0.25, 0.3) is 0 Å². The first-order chi connectivity index (χ1) is 7.15. The standard InChI is InChI=1S/C10H14BrN3O/c11-7-3-9(12)10(14-5-7)13-4-6-1-8(15)2-6/h3,5-6,8,15H,1-2,4,12H2,(H,13,14). The van der Waals surface area contributed by atoms with Crippen LogP contribution in [-0.4, -0.2) is 22.7 Å². The Bertz CT molecular complexity index is 353. The Morgan fingerprint density at radius 3 is 2.93 bits per heavy atom. The van der Waals surface area contributed by atoms with Crippen molar-refractivity contribution in [1.82, 2.24) is 4.98 Å². The molecule has 1 aliphatic rings. The highest BCUT2D eigenvalue weighted by molar-refractivity contribution is 9.10. The van der Waals surface area contributed by atoms with E-state index in [1.165, 1.54) is 0 Å². The van der Waals surface area contributed by atoms with Crippen LogP contribution in [-0.2, 0) is 0 Å². The molecule has 1 aromatic rings. The van der Waals surface area contributed by atoms with Crippen molar-refractivity contribution in [3.05, 3.63) is 16.7 Å². The fourth-order valence-corrected chi connectivity index (χ4v) is 2.06. The highest BCUT2D eigenvalue weighted by atomic mass is 79.9. The van der Waals surface area contributed by atoms with Gasteiger partial charge >= 0.3 is 0 Å². The molecule has 1 fully saturated rings. The number of rotatable bonds is 3. The summed E-state index contributed by atoms with van der Waals surface area (Å²) in [6.45, 7) is 0.829. The lowest BCUT2D eigenvalue weighted by Crippen LogP contribution is -2.33. The minimum Gasteiger partial charge on any atom is -0.396 e. The van der Waals surface area contributed by atoms with Gasteiger partial charge in [0.25, 0.3) is 0 Å². The maximum atomic E-state index is 9.13. The predicted molar refractivity (Wildman–Crippen MR) is 63.6 cm³/mol. The van der Waals surface area contributed by atoms with Crippen LogP contribution in [0.1, 0.15) is 12.8 Å². The van der Waals surface area contributed by atoms with Gasteiger partial charge in [-0.25, -0.2) is 4.98 Å². The van der Waals surface area contributed by atoms with Gasteiger partial charge in [-0.15, -0.1) is 0 Å². The number of aromatic nitrogens is 1. The van der Waals surface area contributed by atoms with Gasteiger partial charge in [0.1, 0.15) is 5.82 Å². The topological polar surface area (TPSA) is 71.2 Å². The Labute approximate surface area is 97.0 Å². The number of pyridine rings is 1. The molecule has 0 spiro atoms. The summed E-state index contributed by atoms with van der Waals surface area (Å²) in [6.07, 6.45) is 3.37. The van der Waals surface area contributed by atoms with Crippen LogP contribution >= 0.6 is 15.9 Å². The summed E-state index contributed by atoms with van der Waals surface area (Å²) in [5, 5.41) is 12.3. The predicted octanol–water partition coefficient (Wildman–Crippen LogP) is 1.61. The smallest absolute Gasteiger partial charge is 0.149 e. The monoisotopic (exact) mass is 271 g/mol. The van der Waals surface area contributed by atoms with Gasteiger partial charge in [0.15, 0.2) is 0 Å². The molecule has 0 aromatic carbocycles. The molecule has 2 rings (SSSR count). The molecule has 15 heavy (non-hydrogen) atoms. The molecule has 1 saturated carbocycles. The molecule has 1 aromatic heterocycles. The minimum atomic E-state index is -0.105. The number of anilines is 2. The third-order valence-electron chi connectivity index (χ3n) is 2.65. The molecule has 1 heterocycles. The van der Waals surface area contributed by atoms with Gasteiger partial charge in [0.05, 0.1) is 11.8 Å². The first-order valence-corrected chi connectivity index (χ1v) is 5.77. The fourth-order valence-electron chi connectivity index (χ4n) is 1.71. The first kappa shape index (κ1) is 10.7. The van der Waals surface area contributed by atoms with Crippen molar-refractivity contribution in [2.75, 3.05) is 17.6 Å². The average Bonchev–Trinajstić information content (AvgIpc) is 2.13. The number of hydrogen-bond donors (Lipinski definition) is 3. The van der Waals surface area contributed by atoms with E-state index in [0.717, 1.165) is 29.7 Å². The van der Waals surface area contributed by atoms with Crippen molar-refractivity contribution in [2.45, 2.75) is 18.9 Å². The van der Waals surface area contributed by atoms with Crippen molar-refractivity contribution >= 4 is 27.4 Å². The minimum absolute atomic E-state index is 0.105. The van der Waals surface area contributed by atoms with E-state index in [-0.39, 0.29) is 6.10 Å². The second-order valence-electron chi connectivity index (χ2n) is 3.96. The third-order valence-corrected chi connectivity index (χ3v) is 3.09. The SMILES string of the molecule is Nc1cc(Br)cnc1NCC1CC(O)C1. The lowest BCUT2D eigenvalue weighted by molar-refractivity contribution is 0.0486. The number of hydrogen-bond acceptors (Lipinski definition) is 4. The molecule has 4 nitrogen and oxygen atoms in total. The number of nitrogens with zero attached hydrogens (tertiary/aromatic N) is 1. The summed E-state index contributed by atoms with van der Waals surface area (Å²) in [6, 6.07) is 1.82. The van der Waals surface area contributed by atoms with E-state index in [0.29, 0.717) is 11.6 Å². The van der Waals surface area contributed by atoms with Gasteiger partial charge in [0, 0.05) is 17.2 Å². The molecule has 0 aliphatic heterocycles. The van der Waals surface area contributed by atoms with Gasteiger partial charge in [-0.05, 0) is 40.8 Å². The number of aliphatic hydroxyl groups excluding tert-OH is 1. The molecule has 0 unspecified atom stereocenters.